The lowest BCUT2D eigenvalue weighted by Crippen LogP contribution is -2.47. The van der Waals surface area contributed by atoms with E-state index in [-0.39, 0.29) is 17.5 Å². The molecule has 0 N–H and O–H groups in total. The highest BCUT2D eigenvalue weighted by Gasteiger charge is 2.50. The highest BCUT2D eigenvalue weighted by Crippen LogP contribution is 2.44. The Hall–Kier alpha value is -2.37. The number of ether oxygens (including phenoxy) is 1. The van der Waals surface area contributed by atoms with E-state index in [4.69, 9.17) is 4.74 Å². The maximum absolute atomic E-state index is 12.8. The largest absolute Gasteiger partial charge is 0.462 e. The highest BCUT2D eigenvalue weighted by atomic mass is 16.6. The van der Waals surface area contributed by atoms with Gasteiger partial charge in [-0.25, -0.2) is 0 Å². The predicted molar refractivity (Wildman–Crippen MR) is 132 cm³/mol. The number of hydrogen-bond donors (Lipinski definition) is 0. The lowest BCUT2D eigenvalue weighted by molar-refractivity contribution is -0.151. The standard InChI is InChI=1S/C28H37N3O2/c1-23-7-9-25(10-8-23)31-19-17-29(18-20-31)14-11-26-21-28(27(32)33-26)12-15-30(16-13-28)22-24-5-3-2-4-6-24/h2-10,26H,11-22H2,1H3/t26-/m1/s1. The lowest BCUT2D eigenvalue weighted by Gasteiger charge is -2.37. The number of anilines is 1. The summed E-state index contributed by atoms with van der Waals surface area (Å²) >= 11 is 0. The Kier molecular flexibility index (Phi) is 6.70. The first-order chi connectivity index (χ1) is 16.1. The Morgan fingerprint density at radius 2 is 1.58 bits per heavy atom. The first-order valence-electron chi connectivity index (χ1n) is 12.6. The summed E-state index contributed by atoms with van der Waals surface area (Å²) in [6, 6.07) is 19.5. The summed E-state index contributed by atoms with van der Waals surface area (Å²) < 4.78 is 5.91. The minimum atomic E-state index is -0.234. The fraction of sp³-hybridized carbons (Fsp3) is 0.536. The molecular formula is C28H37N3O2. The molecule has 0 aromatic heterocycles. The molecule has 5 nitrogen and oxygen atoms in total. The van der Waals surface area contributed by atoms with Gasteiger partial charge in [-0.05, 0) is 57.0 Å². The van der Waals surface area contributed by atoms with Gasteiger partial charge >= 0.3 is 5.97 Å². The molecule has 5 rings (SSSR count). The van der Waals surface area contributed by atoms with Gasteiger partial charge in [0.2, 0.25) is 0 Å². The molecule has 0 bridgehead atoms. The molecule has 3 fully saturated rings. The van der Waals surface area contributed by atoms with Crippen LogP contribution >= 0.6 is 0 Å². The average molecular weight is 448 g/mol. The number of piperazine rings is 1. The van der Waals surface area contributed by atoms with E-state index in [9.17, 15) is 4.79 Å². The van der Waals surface area contributed by atoms with Crippen molar-refractivity contribution in [3.05, 3.63) is 65.7 Å². The third-order valence-corrected chi connectivity index (χ3v) is 7.93. The summed E-state index contributed by atoms with van der Waals surface area (Å²) in [4.78, 5) is 20.3. The number of carbonyl (C=O) groups excluding carboxylic acids is 1. The normalized spacial score (nSPS) is 23.7. The fourth-order valence-corrected chi connectivity index (χ4v) is 5.70. The second-order valence-corrected chi connectivity index (χ2v) is 10.2. The van der Waals surface area contributed by atoms with E-state index in [1.807, 2.05) is 0 Å². The molecule has 0 saturated carbocycles. The molecule has 0 radical (unpaired) electrons. The lowest BCUT2D eigenvalue weighted by atomic mass is 9.75. The molecule has 176 valence electrons. The fourth-order valence-electron chi connectivity index (χ4n) is 5.70. The molecule has 3 saturated heterocycles. The molecule has 2 aromatic carbocycles. The van der Waals surface area contributed by atoms with Crippen molar-refractivity contribution in [1.29, 1.82) is 0 Å². The maximum atomic E-state index is 12.8. The Labute approximate surface area is 198 Å². The molecule has 1 spiro atoms. The van der Waals surface area contributed by atoms with Crippen LogP contribution in [0, 0.1) is 12.3 Å². The number of nitrogens with zero attached hydrogens (tertiary/aromatic N) is 3. The van der Waals surface area contributed by atoms with E-state index in [1.54, 1.807) is 0 Å². The zero-order valence-corrected chi connectivity index (χ0v) is 19.9. The van der Waals surface area contributed by atoms with Crippen molar-refractivity contribution in [1.82, 2.24) is 9.80 Å². The van der Waals surface area contributed by atoms with Gasteiger partial charge in [-0.1, -0.05) is 48.0 Å². The third kappa shape index (κ3) is 5.25. The van der Waals surface area contributed by atoms with Crippen molar-refractivity contribution in [2.75, 3.05) is 50.7 Å². The SMILES string of the molecule is Cc1ccc(N2CCN(CC[C@@H]3CC4(CCN(Cc5ccccc5)CC4)C(=O)O3)CC2)cc1. The van der Waals surface area contributed by atoms with Gasteiger partial charge in [0.25, 0.3) is 0 Å². The topological polar surface area (TPSA) is 36.0 Å². The smallest absolute Gasteiger partial charge is 0.312 e. The molecule has 3 aliphatic rings. The van der Waals surface area contributed by atoms with Gasteiger partial charge in [0, 0.05) is 51.4 Å². The average Bonchev–Trinajstić information content (AvgIpc) is 3.15. The number of benzene rings is 2. The number of esters is 1. The first-order valence-corrected chi connectivity index (χ1v) is 12.6. The zero-order valence-electron chi connectivity index (χ0n) is 19.9. The van der Waals surface area contributed by atoms with Crippen LogP contribution in [0.15, 0.2) is 54.6 Å². The number of cyclic esters (lactones) is 1. The number of aryl methyl sites for hydroxylation is 1. The van der Waals surface area contributed by atoms with Crippen LogP contribution in [0.1, 0.15) is 36.8 Å². The van der Waals surface area contributed by atoms with Crippen LogP contribution in [0.3, 0.4) is 0 Å². The van der Waals surface area contributed by atoms with Crippen molar-refractivity contribution in [3.63, 3.8) is 0 Å². The second-order valence-electron chi connectivity index (χ2n) is 10.2. The highest BCUT2D eigenvalue weighted by molar-refractivity contribution is 5.79. The molecule has 3 aliphatic heterocycles. The van der Waals surface area contributed by atoms with Gasteiger partial charge in [0.1, 0.15) is 6.10 Å². The maximum Gasteiger partial charge on any atom is 0.312 e. The molecule has 0 amide bonds. The predicted octanol–water partition coefficient (Wildman–Crippen LogP) is 4.11. The van der Waals surface area contributed by atoms with E-state index in [0.717, 1.165) is 78.0 Å². The van der Waals surface area contributed by atoms with Crippen LogP contribution < -0.4 is 4.90 Å². The van der Waals surface area contributed by atoms with Crippen LogP contribution in [0.4, 0.5) is 5.69 Å². The number of rotatable bonds is 6. The van der Waals surface area contributed by atoms with Crippen LogP contribution in [-0.4, -0.2) is 67.7 Å². The van der Waals surface area contributed by atoms with Gasteiger partial charge in [-0.3, -0.25) is 14.6 Å². The second kappa shape index (κ2) is 9.86. The van der Waals surface area contributed by atoms with E-state index in [2.05, 4.69) is 76.2 Å². The number of piperidine rings is 1. The van der Waals surface area contributed by atoms with Gasteiger partial charge in [-0.2, -0.15) is 0 Å². The molecule has 0 aliphatic carbocycles. The summed E-state index contributed by atoms with van der Waals surface area (Å²) in [6.45, 7) is 10.4. The molecule has 5 heteroatoms. The van der Waals surface area contributed by atoms with Crippen molar-refractivity contribution in [2.24, 2.45) is 5.41 Å². The molecule has 2 aromatic rings. The number of likely N-dealkylation sites (tertiary alicyclic amines) is 1. The molecule has 33 heavy (non-hydrogen) atoms. The summed E-state index contributed by atoms with van der Waals surface area (Å²) in [5, 5.41) is 0. The summed E-state index contributed by atoms with van der Waals surface area (Å²) in [6.07, 6.45) is 3.84. The van der Waals surface area contributed by atoms with Gasteiger partial charge in [0.15, 0.2) is 0 Å². The zero-order chi connectivity index (χ0) is 22.7. The van der Waals surface area contributed by atoms with E-state index in [1.165, 1.54) is 16.8 Å². The van der Waals surface area contributed by atoms with Crippen molar-refractivity contribution < 1.29 is 9.53 Å². The quantitative estimate of drug-likeness (QED) is 0.623. The Morgan fingerprint density at radius 3 is 2.27 bits per heavy atom. The minimum absolute atomic E-state index is 0.0658. The van der Waals surface area contributed by atoms with Crippen LogP contribution in [0.2, 0.25) is 0 Å². The first kappa shape index (κ1) is 22.4. The van der Waals surface area contributed by atoms with Gasteiger partial charge in [0.05, 0.1) is 5.41 Å². The summed E-state index contributed by atoms with van der Waals surface area (Å²) in [5.41, 5.74) is 3.75. The molecule has 0 unspecified atom stereocenters. The molecule has 3 heterocycles. The Morgan fingerprint density at radius 1 is 0.879 bits per heavy atom. The minimum Gasteiger partial charge on any atom is -0.462 e. The monoisotopic (exact) mass is 447 g/mol. The molecule has 1 atom stereocenters. The Bertz CT molecular complexity index is 914. The van der Waals surface area contributed by atoms with Crippen molar-refractivity contribution in [3.8, 4) is 0 Å². The summed E-state index contributed by atoms with van der Waals surface area (Å²) in [7, 11) is 0. The van der Waals surface area contributed by atoms with E-state index < -0.39 is 0 Å². The van der Waals surface area contributed by atoms with Gasteiger partial charge < -0.3 is 9.64 Å². The van der Waals surface area contributed by atoms with Gasteiger partial charge in [-0.15, -0.1) is 0 Å². The van der Waals surface area contributed by atoms with E-state index in [0.29, 0.717) is 0 Å². The van der Waals surface area contributed by atoms with Crippen molar-refractivity contribution in [2.45, 2.75) is 45.3 Å². The number of hydrogen-bond acceptors (Lipinski definition) is 5. The van der Waals surface area contributed by atoms with Crippen molar-refractivity contribution >= 4 is 11.7 Å². The Balaban J connectivity index is 1.06. The van der Waals surface area contributed by atoms with Crippen LogP contribution in [0.5, 0.6) is 0 Å². The summed E-state index contributed by atoms with van der Waals surface area (Å²) in [5.74, 6) is 0.0658. The van der Waals surface area contributed by atoms with E-state index >= 15 is 0 Å². The third-order valence-electron chi connectivity index (χ3n) is 7.93. The van der Waals surface area contributed by atoms with Crippen LogP contribution in [0.25, 0.3) is 0 Å². The van der Waals surface area contributed by atoms with Crippen LogP contribution in [-0.2, 0) is 16.1 Å². The number of carbonyl (C=O) groups is 1. The molecular weight excluding hydrogens is 410 g/mol.